The molecule has 0 spiro atoms. The summed E-state index contributed by atoms with van der Waals surface area (Å²) in [4.78, 5) is 23.3. The number of aryl methyl sites for hydroxylation is 1. The minimum Gasteiger partial charge on any atom is -0.456 e. The van der Waals surface area contributed by atoms with E-state index in [1.807, 2.05) is 37.3 Å². The SMILES string of the molecule is CCCC(=O)OCC(=O)Nc1ccc2c(c1)c1ccccc1n2CC. The quantitative estimate of drug-likeness (QED) is 0.689. The van der Waals surface area contributed by atoms with Crippen molar-refractivity contribution in [3.05, 3.63) is 42.5 Å². The molecule has 0 saturated heterocycles. The first-order chi connectivity index (χ1) is 12.1. The summed E-state index contributed by atoms with van der Waals surface area (Å²) in [6.45, 7) is 4.63. The van der Waals surface area contributed by atoms with Gasteiger partial charge >= 0.3 is 5.97 Å². The molecule has 1 aromatic heterocycles. The molecule has 0 aliphatic heterocycles. The van der Waals surface area contributed by atoms with Gasteiger partial charge in [-0.3, -0.25) is 9.59 Å². The average molecular weight is 338 g/mol. The van der Waals surface area contributed by atoms with E-state index in [9.17, 15) is 9.59 Å². The summed E-state index contributed by atoms with van der Waals surface area (Å²) >= 11 is 0. The third-order valence-electron chi connectivity index (χ3n) is 4.19. The first kappa shape index (κ1) is 17.0. The second-order valence-corrected chi connectivity index (χ2v) is 5.95. The Labute approximate surface area is 146 Å². The fourth-order valence-corrected chi connectivity index (χ4v) is 3.09. The standard InChI is InChI=1S/C20H22N2O3/c1-3-7-20(24)25-13-19(23)21-14-10-11-18-16(12-14)15-8-5-6-9-17(15)22(18)4-2/h5-6,8-12H,3-4,7,13H2,1-2H3,(H,21,23). The van der Waals surface area contributed by atoms with Gasteiger partial charge in [0.2, 0.25) is 0 Å². The van der Waals surface area contributed by atoms with Crippen molar-refractivity contribution in [1.29, 1.82) is 0 Å². The topological polar surface area (TPSA) is 60.3 Å². The predicted octanol–water partition coefficient (Wildman–Crippen LogP) is 4.10. The van der Waals surface area contributed by atoms with Gasteiger partial charge in [0.25, 0.3) is 5.91 Å². The smallest absolute Gasteiger partial charge is 0.306 e. The number of rotatable bonds is 6. The van der Waals surface area contributed by atoms with Gasteiger partial charge in [0, 0.05) is 40.5 Å². The van der Waals surface area contributed by atoms with Crippen LogP contribution in [0.2, 0.25) is 0 Å². The molecule has 0 aliphatic carbocycles. The summed E-state index contributed by atoms with van der Waals surface area (Å²) in [6.07, 6.45) is 1.04. The molecular formula is C20H22N2O3. The number of carbonyl (C=O) groups excluding carboxylic acids is 2. The number of ether oxygens (including phenoxy) is 1. The van der Waals surface area contributed by atoms with Crippen molar-refractivity contribution in [1.82, 2.24) is 4.57 Å². The molecule has 3 rings (SSSR count). The van der Waals surface area contributed by atoms with Gasteiger partial charge in [0.1, 0.15) is 0 Å². The van der Waals surface area contributed by atoms with Gasteiger partial charge in [0.15, 0.2) is 6.61 Å². The third kappa shape index (κ3) is 3.50. The molecule has 1 heterocycles. The molecule has 25 heavy (non-hydrogen) atoms. The van der Waals surface area contributed by atoms with Gasteiger partial charge in [0.05, 0.1) is 0 Å². The maximum Gasteiger partial charge on any atom is 0.306 e. The first-order valence-electron chi connectivity index (χ1n) is 8.60. The Kier molecular flexibility index (Phi) is 5.03. The number of esters is 1. The molecule has 0 radical (unpaired) electrons. The lowest BCUT2D eigenvalue weighted by Gasteiger charge is -2.07. The Morgan fingerprint density at radius 1 is 1.04 bits per heavy atom. The van der Waals surface area contributed by atoms with Crippen molar-refractivity contribution in [2.45, 2.75) is 33.2 Å². The van der Waals surface area contributed by atoms with Gasteiger partial charge in [-0.1, -0.05) is 25.1 Å². The summed E-state index contributed by atoms with van der Waals surface area (Å²) in [7, 11) is 0. The van der Waals surface area contributed by atoms with Crippen LogP contribution in [-0.4, -0.2) is 23.1 Å². The van der Waals surface area contributed by atoms with Gasteiger partial charge in [-0.15, -0.1) is 0 Å². The molecule has 130 valence electrons. The maximum atomic E-state index is 12.0. The molecule has 1 amide bonds. The lowest BCUT2D eigenvalue weighted by molar-refractivity contribution is -0.147. The molecule has 0 fully saturated rings. The molecule has 1 N–H and O–H groups in total. The Morgan fingerprint density at radius 3 is 2.56 bits per heavy atom. The van der Waals surface area contributed by atoms with E-state index in [-0.39, 0.29) is 18.5 Å². The number of fused-ring (bicyclic) bond motifs is 3. The van der Waals surface area contributed by atoms with E-state index < -0.39 is 0 Å². The zero-order valence-electron chi connectivity index (χ0n) is 14.5. The Morgan fingerprint density at radius 2 is 1.80 bits per heavy atom. The predicted molar refractivity (Wildman–Crippen MR) is 99.6 cm³/mol. The zero-order chi connectivity index (χ0) is 17.8. The van der Waals surface area contributed by atoms with Crippen molar-refractivity contribution in [2.24, 2.45) is 0 Å². The summed E-state index contributed by atoms with van der Waals surface area (Å²) in [5.74, 6) is -0.679. The van der Waals surface area contributed by atoms with E-state index in [4.69, 9.17) is 4.74 Å². The Bertz CT molecular complexity index is 927. The van der Waals surface area contributed by atoms with Crippen LogP contribution in [0.1, 0.15) is 26.7 Å². The summed E-state index contributed by atoms with van der Waals surface area (Å²) in [5.41, 5.74) is 3.01. The molecule has 0 saturated carbocycles. The number of benzene rings is 2. The third-order valence-corrected chi connectivity index (χ3v) is 4.19. The molecule has 0 atom stereocenters. The lowest BCUT2D eigenvalue weighted by atomic mass is 10.1. The van der Waals surface area contributed by atoms with Gasteiger partial charge in [-0.2, -0.15) is 0 Å². The highest BCUT2D eigenvalue weighted by atomic mass is 16.5. The molecule has 2 aromatic carbocycles. The van der Waals surface area contributed by atoms with Crippen molar-refractivity contribution in [3.8, 4) is 0 Å². The van der Waals surface area contributed by atoms with Crippen LogP contribution in [-0.2, 0) is 20.9 Å². The van der Waals surface area contributed by atoms with Crippen LogP contribution >= 0.6 is 0 Å². The van der Waals surface area contributed by atoms with E-state index in [0.29, 0.717) is 18.5 Å². The number of hydrogen-bond acceptors (Lipinski definition) is 3. The number of amides is 1. The fourth-order valence-electron chi connectivity index (χ4n) is 3.09. The largest absolute Gasteiger partial charge is 0.456 e. The van der Waals surface area contributed by atoms with E-state index in [1.165, 1.54) is 5.52 Å². The zero-order valence-corrected chi connectivity index (χ0v) is 14.5. The highest BCUT2D eigenvalue weighted by Gasteiger charge is 2.11. The number of aromatic nitrogens is 1. The minimum absolute atomic E-state index is 0.256. The van der Waals surface area contributed by atoms with Crippen LogP contribution in [0.25, 0.3) is 21.8 Å². The molecular weight excluding hydrogens is 316 g/mol. The van der Waals surface area contributed by atoms with Gasteiger partial charge in [-0.25, -0.2) is 0 Å². The maximum absolute atomic E-state index is 12.0. The number of carbonyl (C=O) groups is 2. The fraction of sp³-hybridized carbons (Fsp3) is 0.300. The van der Waals surface area contributed by atoms with Crippen molar-refractivity contribution < 1.29 is 14.3 Å². The van der Waals surface area contributed by atoms with Crippen LogP contribution in [0.15, 0.2) is 42.5 Å². The van der Waals surface area contributed by atoms with Crippen LogP contribution < -0.4 is 5.32 Å². The molecule has 0 bridgehead atoms. The number of hydrogen-bond donors (Lipinski definition) is 1. The van der Waals surface area contributed by atoms with Crippen molar-refractivity contribution in [2.75, 3.05) is 11.9 Å². The summed E-state index contributed by atoms with van der Waals surface area (Å²) in [5, 5.41) is 5.05. The van der Waals surface area contributed by atoms with Crippen LogP contribution in [0.5, 0.6) is 0 Å². The van der Waals surface area contributed by atoms with Gasteiger partial charge in [-0.05, 0) is 37.6 Å². The van der Waals surface area contributed by atoms with Crippen LogP contribution in [0.4, 0.5) is 5.69 Å². The van der Waals surface area contributed by atoms with E-state index in [1.54, 1.807) is 0 Å². The lowest BCUT2D eigenvalue weighted by Crippen LogP contribution is -2.20. The Hall–Kier alpha value is -2.82. The second-order valence-electron chi connectivity index (χ2n) is 5.95. The average Bonchev–Trinajstić information content (AvgIpc) is 2.93. The number of para-hydroxylation sites is 1. The first-order valence-corrected chi connectivity index (χ1v) is 8.60. The van der Waals surface area contributed by atoms with Crippen LogP contribution in [0.3, 0.4) is 0 Å². The molecule has 0 unspecified atom stereocenters. The van der Waals surface area contributed by atoms with E-state index >= 15 is 0 Å². The highest BCUT2D eigenvalue weighted by molar-refractivity contribution is 6.09. The van der Waals surface area contributed by atoms with E-state index in [0.717, 1.165) is 22.8 Å². The van der Waals surface area contributed by atoms with Gasteiger partial charge < -0.3 is 14.6 Å². The van der Waals surface area contributed by atoms with Crippen molar-refractivity contribution in [3.63, 3.8) is 0 Å². The monoisotopic (exact) mass is 338 g/mol. The highest BCUT2D eigenvalue weighted by Crippen LogP contribution is 2.30. The Balaban J connectivity index is 1.83. The number of anilines is 1. The number of nitrogens with one attached hydrogen (secondary N) is 1. The van der Waals surface area contributed by atoms with Crippen molar-refractivity contribution >= 4 is 39.4 Å². The summed E-state index contributed by atoms with van der Waals surface area (Å²) < 4.78 is 7.19. The minimum atomic E-state index is -0.348. The van der Waals surface area contributed by atoms with Crippen LogP contribution in [0, 0.1) is 0 Å². The van der Waals surface area contributed by atoms with E-state index in [2.05, 4.69) is 28.9 Å². The normalized spacial score (nSPS) is 11.0. The molecule has 5 heteroatoms. The molecule has 5 nitrogen and oxygen atoms in total. The second kappa shape index (κ2) is 7.38. The molecule has 0 aliphatic rings. The number of nitrogens with zero attached hydrogens (tertiary/aromatic N) is 1. The molecule has 3 aromatic rings. The summed E-state index contributed by atoms with van der Waals surface area (Å²) in [6, 6.07) is 14.1.